The number of rotatable bonds is 1. The molecule has 0 unspecified atom stereocenters. The molecule has 3 heteroatoms. The van der Waals surface area contributed by atoms with Crippen LogP contribution in [-0.2, 0) is 26.3 Å². The van der Waals surface area contributed by atoms with Crippen LogP contribution in [0, 0.1) is 12.3 Å². The molecule has 0 heterocycles. The molecule has 0 bridgehead atoms. The van der Waals surface area contributed by atoms with Crippen molar-refractivity contribution < 1.29 is 26.3 Å². The molecule has 1 aliphatic carbocycles. The van der Waals surface area contributed by atoms with Gasteiger partial charge in [-0.25, -0.2) is 4.79 Å². The molecule has 1 aromatic carbocycles. The first-order chi connectivity index (χ1) is 7.22. The van der Waals surface area contributed by atoms with Crippen molar-refractivity contribution in [3.8, 4) is 0 Å². The van der Waals surface area contributed by atoms with Crippen LogP contribution < -0.4 is 0 Å². The third-order valence-electron chi connectivity index (χ3n) is 2.50. The molecule has 2 rings (SSSR count). The first-order valence-electron chi connectivity index (χ1n) is 4.80. The molecule has 0 aromatic heterocycles. The molecule has 1 aliphatic rings. The van der Waals surface area contributed by atoms with E-state index in [1.54, 1.807) is 0 Å². The zero-order valence-electron chi connectivity index (χ0n) is 9.11. The van der Waals surface area contributed by atoms with E-state index < -0.39 is 0 Å². The van der Waals surface area contributed by atoms with Crippen LogP contribution >= 0.6 is 0 Å². The summed E-state index contributed by atoms with van der Waals surface area (Å²) in [5.74, 6) is 0.666. The second-order valence-electron chi connectivity index (χ2n) is 3.51. The van der Waals surface area contributed by atoms with E-state index in [2.05, 4.69) is 0 Å². The Morgan fingerprint density at radius 3 is 2.69 bits per heavy atom. The molecule has 2 nitrogen and oxygen atoms in total. The molecule has 0 saturated carbocycles. The second-order valence-corrected chi connectivity index (χ2v) is 3.51. The summed E-state index contributed by atoms with van der Waals surface area (Å²) in [7, 11) is 1.40. The van der Waals surface area contributed by atoms with Gasteiger partial charge in [-0.1, -0.05) is 13.0 Å². The summed E-state index contributed by atoms with van der Waals surface area (Å²) < 4.78 is 4.73. The van der Waals surface area contributed by atoms with Gasteiger partial charge < -0.3 is 4.74 Å². The van der Waals surface area contributed by atoms with Crippen molar-refractivity contribution in [3.63, 3.8) is 0 Å². The molecule has 0 saturated heterocycles. The third kappa shape index (κ3) is 2.31. The summed E-state index contributed by atoms with van der Waals surface area (Å²) in [6, 6.07) is 7.96. The number of hydrogen-bond donors (Lipinski definition) is 0. The van der Waals surface area contributed by atoms with Crippen molar-refractivity contribution >= 4 is 12.0 Å². The zero-order valence-corrected chi connectivity index (χ0v) is 10.2. The molecule has 0 amide bonds. The van der Waals surface area contributed by atoms with Crippen LogP contribution in [0.1, 0.15) is 18.1 Å². The van der Waals surface area contributed by atoms with Crippen molar-refractivity contribution in [2.75, 3.05) is 7.11 Å². The van der Waals surface area contributed by atoms with Crippen molar-refractivity contribution in [2.24, 2.45) is 0 Å². The van der Waals surface area contributed by atoms with E-state index in [1.807, 2.05) is 43.7 Å². The van der Waals surface area contributed by atoms with E-state index >= 15 is 0 Å². The molecular formula is C13H12CoO2-. The Kier molecular flexibility index (Phi) is 4.21. The largest absolute Gasteiger partial charge is 0.466 e. The predicted molar refractivity (Wildman–Crippen MR) is 58.8 cm³/mol. The van der Waals surface area contributed by atoms with E-state index in [9.17, 15) is 4.79 Å². The second kappa shape index (κ2) is 5.23. The van der Waals surface area contributed by atoms with Gasteiger partial charge in [-0.15, -0.1) is 23.8 Å². The first kappa shape index (κ1) is 12.9. The molecule has 1 aromatic rings. The van der Waals surface area contributed by atoms with E-state index in [0.717, 1.165) is 17.0 Å². The van der Waals surface area contributed by atoms with Crippen molar-refractivity contribution in [3.05, 3.63) is 53.3 Å². The minimum Gasteiger partial charge on any atom is -0.466 e. The quantitative estimate of drug-likeness (QED) is 0.572. The van der Waals surface area contributed by atoms with Crippen molar-refractivity contribution in [1.29, 1.82) is 0 Å². The van der Waals surface area contributed by atoms with Gasteiger partial charge in [0.05, 0.1) is 7.11 Å². The zero-order chi connectivity index (χ0) is 10.8. The summed E-state index contributed by atoms with van der Waals surface area (Å²) in [6.07, 6.45) is 3.87. The van der Waals surface area contributed by atoms with E-state index in [1.165, 1.54) is 7.11 Å². The maximum atomic E-state index is 11.5. The Morgan fingerprint density at radius 2 is 2.00 bits per heavy atom. The van der Waals surface area contributed by atoms with Gasteiger partial charge in [0.15, 0.2) is 0 Å². The average Bonchev–Trinajstić information content (AvgIpc) is 2.27. The molecule has 16 heavy (non-hydrogen) atoms. The van der Waals surface area contributed by atoms with Crippen LogP contribution in [0.4, 0.5) is 0 Å². The summed E-state index contributed by atoms with van der Waals surface area (Å²) >= 11 is 0. The molecule has 0 atom stereocenters. The minimum absolute atomic E-state index is 0. The van der Waals surface area contributed by atoms with Crippen molar-refractivity contribution in [2.45, 2.75) is 6.92 Å². The molecular weight excluding hydrogens is 247 g/mol. The molecule has 0 aliphatic heterocycles. The van der Waals surface area contributed by atoms with E-state index in [4.69, 9.17) is 4.74 Å². The standard InChI is InChI=1S/C13H12O2.Co/c1-9-7-10-5-3-4-6-11(10)8-12(9)13(14)15-2;/h3-8H,1-2H3;/q-1;. The molecule has 0 N–H and O–H groups in total. The number of benzene rings is 1. The number of fused-ring (bicyclic) bond motifs is 1. The number of carbonyl (C=O) groups is 1. The number of hydrogen-bond acceptors (Lipinski definition) is 2. The van der Waals surface area contributed by atoms with Gasteiger partial charge in [0.2, 0.25) is 0 Å². The number of methoxy groups -OCH3 is 1. The van der Waals surface area contributed by atoms with Gasteiger partial charge in [0.1, 0.15) is 0 Å². The van der Waals surface area contributed by atoms with Crippen molar-refractivity contribution in [1.82, 2.24) is 0 Å². The SMILES string of the molecule is COC(=O)C1=Cc2ccccc2[CH-][C]1C.[Co]. The van der Waals surface area contributed by atoms with Gasteiger partial charge in [-0.3, -0.25) is 0 Å². The molecule has 0 fully saturated rings. The Bertz CT molecular complexity index is 424. The van der Waals surface area contributed by atoms with Gasteiger partial charge in [-0.05, 0) is 5.92 Å². The fourth-order valence-corrected chi connectivity index (χ4v) is 1.68. The molecule has 86 valence electrons. The fourth-order valence-electron chi connectivity index (χ4n) is 1.68. The average molecular weight is 259 g/mol. The Morgan fingerprint density at radius 1 is 1.31 bits per heavy atom. The summed E-state index contributed by atoms with van der Waals surface area (Å²) in [6.45, 7) is 1.92. The monoisotopic (exact) mass is 259 g/mol. The van der Waals surface area contributed by atoms with Crippen LogP contribution in [0.3, 0.4) is 0 Å². The Hall–Kier alpha value is -1.19. The van der Waals surface area contributed by atoms with Gasteiger partial charge in [0.25, 0.3) is 0 Å². The maximum absolute atomic E-state index is 11.5. The Balaban J connectivity index is 0.00000128. The van der Waals surface area contributed by atoms with Crippen LogP contribution in [0.15, 0.2) is 29.8 Å². The van der Waals surface area contributed by atoms with Crippen LogP contribution in [-0.4, -0.2) is 13.1 Å². The van der Waals surface area contributed by atoms with Crippen LogP contribution in [0.25, 0.3) is 6.08 Å². The summed E-state index contributed by atoms with van der Waals surface area (Å²) in [5.41, 5.74) is 2.84. The predicted octanol–water partition coefficient (Wildman–Crippen LogP) is 2.40. The topological polar surface area (TPSA) is 26.3 Å². The van der Waals surface area contributed by atoms with Crippen LogP contribution in [0.2, 0.25) is 0 Å². The molecule has 2 radical (unpaired) electrons. The smallest absolute Gasteiger partial charge is 0.332 e. The summed E-state index contributed by atoms with van der Waals surface area (Å²) in [4.78, 5) is 11.5. The van der Waals surface area contributed by atoms with Gasteiger partial charge in [0, 0.05) is 22.4 Å². The number of esters is 1. The third-order valence-corrected chi connectivity index (χ3v) is 2.50. The number of carbonyl (C=O) groups excluding carboxylic acids is 1. The van der Waals surface area contributed by atoms with Gasteiger partial charge in [-0.2, -0.15) is 18.1 Å². The minimum atomic E-state index is -0.279. The van der Waals surface area contributed by atoms with Crippen LogP contribution in [0.5, 0.6) is 0 Å². The molecule has 0 spiro atoms. The first-order valence-corrected chi connectivity index (χ1v) is 4.80. The Labute approximate surface area is 106 Å². The summed E-state index contributed by atoms with van der Waals surface area (Å²) in [5, 5.41) is 0. The van der Waals surface area contributed by atoms with E-state index in [0.29, 0.717) is 5.57 Å². The normalized spacial score (nSPS) is 14.0. The van der Waals surface area contributed by atoms with E-state index in [-0.39, 0.29) is 22.7 Å². The van der Waals surface area contributed by atoms with Gasteiger partial charge >= 0.3 is 5.97 Å². The fraction of sp³-hybridized carbons (Fsp3) is 0.154. The number of ether oxygens (including phenoxy) is 1. The maximum Gasteiger partial charge on any atom is 0.332 e.